The van der Waals surface area contributed by atoms with Crippen LogP contribution in [-0.4, -0.2) is 31.2 Å². The molecule has 0 aromatic rings. The van der Waals surface area contributed by atoms with Crippen LogP contribution in [0.5, 0.6) is 0 Å². The average molecular weight is 229 g/mol. The summed E-state index contributed by atoms with van der Waals surface area (Å²) in [5, 5.41) is 3.27. The largest absolute Gasteiger partial charge is 0.466 e. The van der Waals surface area contributed by atoms with E-state index in [9.17, 15) is 9.59 Å². The van der Waals surface area contributed by atoms with Crippen molar-refractivity contribution in [2.45, 2.75) is 32.7 Å². The van der Waals surface area contributed by atoms with Crippen LogP contribution >= 0.6 is 0 Å². The lowest BCUT2D eigenvalue weighted by molar-refractivity contribution is -0.146. The lowest BCUT2D eigenvalue weighted by Crippen LogP contribution is -2.22. The van der Waals surface area contributed by atoms with E-state index in [0.29, 0.717) is 0 Å². The SMILES string of the molecule is CCOC(=O)CCC(N=[N+]=[N-])C(=O)OCC. The number of ether oxygens (including phenoxy) is 2. The van der Waals surface area contributed by atoms with Crippen molar-refractivity contribution in [3.8, 4) is 0 Å². The first kappa shape index (κ1) is 14.2. The zero-order valence-electron chi connectivity index (χ0n) is 9.38. The van der Waals surface area contributed by atoms with Gasteiger partial charge in [-0.15, -0.1) is 0 Å². The summed E-state index contributed by atoms with van der Waals surface area (Å²) in [7, 11) is 0. The van der Waals surface area contributed by atoms with Crippen molar-refractivity contribution in [3.63, 3.8) is 0 Å². The van der Waals surface area contributed by atoms with Gasteiger partial charge < -0.3 is 9.47 Å². The van der Waals surface area contributed by atoms with Gasteiger partial charge in [-0.3, -0.25) is 9.59 Å². The van der Waals surface area contributed by atoms with Gasteiger partial charge in [0.05, 0.1) is 13.2 Å². The Hall–Kier alpha value is -1.75. The van der Waals surface area contributed by atoms with Gasteiger partial charge in [0.2, 0.25) is 0 Å². The molecule has 0 rings (SSSR count). The van der Waals surface area contributed by atoms with E-state index < -0.39 is 18.0 Å². The summed E-state index contributed by atoms with van der Waals surface area (Å²) in [6, 6.07) is -0.964. The molecule has 7 nitrogen and oxygen atoms in total. The Balaban J connectivity index is 4.18. The van der Waals surface area contributed by atoms with Gasteiger partial charge in [-0.05, 0) is 25.8 Å². The van der Waals surface area contributed by atoms with Gasteiger partial charge in [-0.25, -0.2) is 0 Å². The molecule has 0 amide bonds. The van der Waals surface area contributed by atoms with Crippen LogP contribution in [0.25, 0.3) is 10.4 Å². The van der Waals surface area contributed by atoms with Crippen molar-refractivity contribution < 1.29 is 19.1 Å². The highest BCUT2D eigenvalue weighted by molar-refractivity contribution is 5.77. The van der Waals surface area contributed by atoms with Crippen LogP contribution in [-0.2, 0) is 19.1 Å². The summed E-state index contributed by atoms with van der Waals surface area (Å²) < 4.78 is 9.38. The van der Waals surface area contributed by atoms with E-state index in [-0.39, 0.29) is 26.1 Å². The molecule has 0 saturated heterocycles. The Morgan fingerprint density at radius 3 is 2.44 bits per heavy atom. The Morgan fingerprint density at radius 1 is 1.31 bits per heavy atom. The third-order valence-electron chi connectivity index (χ3n) is 1.68. The fourth-order valence-electron chi connectivity index (χ4n) is 1.01. The highest BCUT2D eigenvalue weighted by Crippen LogP contribution is 2.06. The molecule has 0 fully saturated rings. The molecular weight excluding hydrogens is 214 g/mol. The highest BCUT2D eigenvalue weighted by Gasteiger charge is 2.19. The first-order valence-electron chi connectivity index (χ1n) is 5.02. The molecule has 0 bridgehead atoms. The number of hydrogen-bond donors (Lipinski definition) is 0. The maximum Gasteiger partial charge on any atom is 0.314 e. The van der Waals surface area contributed by atoms with Crippen LogP contribution in [0.15, 0.2) is 5.11 Å². The molecule has 0 aliphatic rings. The Kier molecular flexibility index (Phi) is 7.61. The topological polar surface area (TPSA) is 101 Å². The molecule has 16 heavy (non-hydrogen) atoms. The lowest BCUT2D eigenvalue weighted by atomic mass is 10.2. The molecule has 90 valence electrons. The summed E-state index contributed by atoms with van der Waals surface area (Å²) in [6.07, 6.45) is 0.123. The summed E-state index contributed by atoms with van der Waals surface area (Å²) >= 11 is 0. The second-order valence-corrected chi connectivity index (χ2v) is 2.82. The molecule has 0 radical (unpaired) electrons. The zero-order valence-corrected chi connectivity index (χ0v) is 9.38. The Bertz CT molecular complexity index is 286. The van der Waals surface area contributed by atoms with Gasteiger partial charge >= 0.3 is 11.9 Å². The second-order valence-electron chi connectivity index (χ2n) is 2.82. The quantitative estimate of drug-likeness (QED) is 0.286. The van der Waals surface area contributed by atoms with Gasteiger partial charge in [-0.1, -0.05) is 5.11 Å². The maximum atomic E-state index is 11.3. The number of nitrogens with zero attached hydrogens (tertiary/aromatic N) is 3. The molecule has 0 heterocycles. The predicted molar refractivity (Wildman–Crippen MR) is 55.4 cm³/mol. The van der Waals surface area contributed by atoms with Crippen molar-refractivity contribution in [3.05, 3.63) is 10.4 Å². The van der Waals surface area contributed by atoms with Gasteiger partial charge in [0.25, 0.3) is 0 Å². The Labute approximate surface area is 93.3 Å². The van der Waals surface area contributed by atoms with E-state index in [0.717, 1.165) is 0 Å². The molecule has 0 aliphatic carbocycles. The van der Waals surface area contributed by atoms with Crippen LogP contribution in [0.3, 0.4) is 0 Å². The van der Waals surface area contributed by atoms with Crippen LogP contribution in [0, 0.1) is 0 Å². The smallest absolute Gasteiger partial charge is 0.314 e. The van der Waals surface area contributed by atoms with E-state index in [1.54, 1.807) is 13.8 Å². The number of hydrogen-bond acceptors (Lipinski definition) is 5. The van der Waals surface area contributed by atoms with Gasteiger partial charge in [0.15, 0.2) is 0 Å². The molecule has 0 spiro atoms. The van der Waals surface area contributed by atoms with Crippen molar-refractivity contribution in [2.75, 3.05) is 13.2 Å². The summed E-state index contributed by atoms with van der Waals surface area (Å²) in [4.78, 5) is 24.8. The lowest BCUT2D eigenvalue weighted by Gasteiger charge is -2.09. The van der Waals surface area contributed by atoms with Crippen molar-refractivity contribution in [2.24, 2.45) is 5.11 Å². The Morgan fingerprint density at radius 2 is 1.94 bits per heavy atom. The molecular formula is C9H15N3O4. The summed E-state index contributed by atoms with van der Waals surface area (Å²) in [6.45, 7) is 3.82. The van der Waals surface area contributed by atoms with Gasteiger partial charge in [-0.2, -0.15) is 0 Å². The van der Waals surface area contributed by atoms with Crippen LogP contribution in [0.2, 0.25) is 0 Å². The van der Waals surface area contributed by atoms with E-state index in [1.165, 1.54) is 0 Å². The molecule has 1 atom stereocenters. The van der Waals surface area contributed by atoms with E-state index >= 15 is 0 Å². The minimum absolute atomic E-state index is 0.0241. The maximum absolute atomic E-state index is 11.3. The molecule has 0 aromatic carbocycles. The van der Waals surface area contributed by atoms with Crippen molar-refractivity contribution >= 4 is 11.9 Å². The number of rotatable bonds is 7. The van der Waals surface area contributed by atoms with E-state index in [1.807, 2.05) is 0 Å². The molecule has 7 heteroatoms. The third kappa shape index (κ3) is 5.87. The fourth-order valence-corrected chi connectivity index (χ4v) is 1.01. The highest BCUT2D eigenvalue weighted by atomic mass is 16.5. The van der Waals surface area contributed by atoms with Crippen LogP contribution in [0.4, 0.5) is 0 Å². The van der Waals surface area contributed by atoms with Gasteiger partial charge in [0.1, 0.15) is 6.04 Å². The molecule has 0 saturated carbocycles. The second kappa shape index (κ2) is 8.55. The molecule has 0 N–H and O–H groups in total. The molecule has 1 unspecified atom stereocenters. The van der Waals surface area contributed by atoms with Gasteiger partial charge in [0, 0.05) is 11.3 Å². The number of esters is 2. The molecule has 0 aliphatic heterocycles. The average Bonchev–Trinajstić information content (AvgIpc) is 2.24. The van der Waals surface area contributed by atoms with Crippen LogP contribution < -0.4 is 0 Å². The van der Waals surface area contributed by atoms with Crippen molar-refractivity contribution in [1.82, 2.24) is 0 Å². The predicted octanol–water partition coefficient (Wildman–Crippen LogP) is 1.57. The fraction of sp³-hybridized carbons (Fsp3) is 0.778. The number of carbonyl (C=O) groups excluding carboxylic acids is 2. The standard InChI is InChI=1S/C9H15N3O4/c1-3-15-8(13)6-5-7(11-12-10)9(14)16-4-2/h7H,3-6H2,1-2H3. The zero-order chi connectivity index (χ0) is 12.4. The van der Waals surface area contributed by atoms with Crippen molar-refractivity contribution in [1.29, 1.82) is 0 Å². The normalized spacial score (nSPS) is 11.1. The minimum Gasteiger partial charge on any atom is -0.466 e. The summed E-state index contributed by atoms with van der Waals surface area (Å²) in [5.74, 6) is -1.05. The van der Waals surface area contributed by atoms with Crippen LogP contribution in [0.1, 0.15) is 26.7 Å². The third-order valence-corrected chi connectivity index (χ3v) is 1.68. The first-order valence-corrected chi connectivity index (χ1v) is 5.02. The number of azide groups is 1. The minimum atomic E-state index is -0.964. The summed E-state index contributed by atoms with van der Waals surface area (Å²) in [5.41, 5.74) is 8.26. The molecule has 0 aromatic heterocycles. The number of carbonyl (C=O) groups is 2. The first-order chi connectivity index (χ1) is 7.65. The van der Waals surface area contributed by atoms with E-state index in [2.05, 4.69) is 14.8 Å². The monoisotopic (exact) mass is 229 g/mol. The van der Waals surface area contributed by atoms with E-state index in [4.69, 9.17) is 10.3 Å².